The van der Waals surface area contributed by atoms with Crippen LogP contribution < -0.4 is 5.72 Å². The topological polar surface area (TPSA) is 36.3 Å². The molecule has 16 heavy (non-hydrogen) atoms. The summed E-state index contributed by atoms with van der Waals surface area (Å²) < 4.78 is 13.9. The Bertz CT molecular complexity index is 371. The van der Waals surface area contributed by atoms with Gasteiger partial charge in [-0.15, -0.1) is 0 Å². The Morgan fingerprint density at radius 1 is 1.25 bits per heavy atom. The molecule has 2 heterocycles. The van der Waals surface area contributed by atoms with E-state index in [1.165, 1.54) is 0 Å². The highest BCUT2D eigenvalue weighted by molar-refractivity contribution is 6.60. The normalized spacial score (nSPS) is 22.7. The van der Waals surface area contributed by atoms with Crippen LogP contribution in [0.5, 0.6) is 0 Å². The molecule has 0 saturated carbocycles. The quantitative estimate of drug-likeness (QED) is 0.705. The number of aromatic nitrogens is 2. The van der Waals surface area contributed by atoms with Crippen molar-refractivity contribution < 1.29 is 9.31 Å². The Labute approximate surface area is 97.1 Å². The van der Waals surface area contributed by atoms with E-state index in [2.05, 4.69) is 11.9 Å². The third-order valence-electron chi connectivity index (χ3n) is 3.55. The van der Waals surface area contributed by atoms with Crippen molar-refractivity contribution in [1.82, 2.24) is 9.55 Å². The molecular weight excluding hydrogens is 203 g/mol. The first-order chi connectivity index (χ1) is 7.37. The van der Waals surface area contributed by atoms with Crippen molar-refractivity contribution in [3.63, 3.8) is 0 Å². The van der Waals surface area contributed by atoms with Crippen LogP contribution in [0.2, 0.25) is 0 Å². The number of hydrogen-bond donors (Lipinski definition) is 0. The SMILES string of the molecule is CCn1ccnc1B1OC(C)(C)C(C)(C)O1. The third-order valence-corrected chi connectivity index (χ3v) is 3.55. The summed E-state index contributed by atoms with van der Waals surface area (Å²) in [4.78, 5) is 4.31. The van der Waals surface area contributed by atoms with Gasteiger partial charge in [-0.1, -0.05) is 0 Å². The van der Waals surface area contributed by atoms with Crippen LogP contribution in [0.15, 0.2) is 12.4 Å². The van der Waals surface area contributed by atoms with Gasteiger partial charge in [0.15, 0.2) is 0 Å². The molecule has 0 radical (unpaired) electrons. The standard InChI is InChI=1S/C11H19BN2O2/c1-6-14-8-7-13-9(14)12-15-10(2,3)11(4,5)16-12/h7-8H,6H2,1-5H3. The first-order valence-electron chi connectivity index (χ1n) is 5.74. The zero-order chi connectivity index (χ0) is 12.0. The Morgan fingerprint density at radius 3 is 2.31 bits per heavy atom. The van der Waals surface area contributed by atoms with E-state index in [0.29, 0.717) is 0 Å². The molecule has 1 aliphatic heterocycles. The zero-order valence-corrected chi connectivity index (χ0v) is 10.7. The van der Waals surface area contributed by atoms with Crippen molar-refractivity contribution >= 4 is 12.8 Å². The summed E-state index contributed by atoms with van der Waals surface area (Å²) in [6, 6.07) is 0. The lowest BCUT2D eigenvalue weighted by molar-refractivity contribution is 0.00578. The predicted molar refractivity (Wildman–Crippen MR) is 63.6 cm³/mol. The van der Waals surface area contributed by atoms with E-state index in [0.717, 1.165) is 12.3 Å². The fourth-order valence-corrected chi connectivity index (χ4v) is 1.75. The van der Waals surface area contributed by atoms with Crippen LogP contribution in [0, 0.1) is 0 Å². The van der Waals surface area contributed by atoms with E-state index in [-0.39, 0.29) is 18.3 Å². The maximum atomic E-state index is 5.95. The summed E-state index contributed by atoms with van der Waals surface area (Å²) in [5.41, 5.74) is 0.242. The second-order valence-corrected chi connectivity index (χ2v) is 5.16. The smallest absolute Gasteiger partial charge is 0.397 e. The van der Waals surface area contributed by atoms with Gasteiger partial charge in [0.05, 0.1) is 11.2 Å². The fraction of sp³-hybridized carbons (Fsp3) is 0.727. The van der Waals surface area contributed by atoms with Crippen molar-refractivity contribution in [1.29, 1.82) is 0 Å². The van der Waals surface area contributed by atoms with Gasteiger partial charge in [0, 0.05) is 18.9 Å². The monoisotopic (exact) mass is 222 g/mol. The molecule has 1 aromatic rings. The zero-order valence-electron chi connectivity index (χ0n) is 10.7. The van der Waals surface area contributed by atoms with Gasteiger partial charge in [-0.25, -0.2) is 4.98 Å². The van der Waals surface area contributed by atoms with E-state index in [4.69, 9.17) is 9.31 Å². The fourth-order valence-electron chi connectivity index (χ4n) is 1.75. The van der Waals surface area contributed by atoms with Gasteiger partial charge < -0.3 is 13.9 Å². The van der Waals surface area contributed by atoms with E-state index in [9.17, 15) is 0 Å². The molecule has 0 unspecified atom stereocenters. The molecule has 1 aromatic heterocycles. The molecule has 1 aliphatic rings. The first-order valence-corrected chi connectivity index (χ1v) is 5.74. The van der Waals surface area contributed by atoms with Gasteiger partial charge in [0.25, 0.3) is 0 Å². The number of rotatable bonds is 2. The molecule has 0 amide bonds. The molecular formula is C11H19BN2O2. The molecule has 1 fully saturated rings. The minimum Gasteiger partial charge on any atom is -0.397 e. The van der Waals surface area contributed by atoms with Crippen LogP contribution in [0.4, 0.5) is 0 Å². The molecule has 2 rings (SSSR count). The van der Waals surface area contributed by atoms with Crippen molar-refractivity contribution in [3.05, 3.63) is 12.4 Å². The second kappa shape index (κ2) is 3.60. The summed E-state index contributed by atoms with van der Waals surface area (Å²) in [7, 11) is -0.361. The molecule has 0 atom stereocenters. The summed E-state index contributed by atoms with van der Waals surface area (Å²) >= 11 is 0. The first kappa shape index (κ1) is 11.7. The van der Waals surface area contributed by atoms with E-state index in [1.54, 1.807) is 6.20 Å². The highest BCUT2D eigenvalue weighted by Gasteiger charge is 2.53. The Balaban J connectivity index is 2.27. The molecule has 1 saturated heterocycles. The average Bonchev–Trinajstić information content (AvgIpc) is 2.69. The average molecular weight is 222 g/mol. The molecule has 4 nitrogen and oxygen atoms in total. The molecule has 0 bridgehead atoms. The molecule has 0 spiro atoms. The Morgan fingerprint density at radius 2 is 1.81 bits per heavy atom. The number of nitrogens with zero attached hydrogens (tertiary/aromatic N) is 2. The molecule has 0 aromatic carbocycles. The van der Waals surface area contributed by atoms with Gasteiger partial charge in [0.2, 0.25) is 0 Å². The maximum Gasteiger partial charge on any atom is 0.532 e. The minimum absolute atomic E-state index is 0.303. The lowest BCUT2D eigenvalue weighted by Crippen LogP contribution is -2.41. The number of aryl methyl sites for hydroxylation is 1. The molecule has 0 aliphatic carbocycles. The van der Waals surface area contributed by atoms with Crippen molar-refractivity contribution in [2.24, 2.45) is 0 Å². The van der Waals surface area contributed by atoms with Crippen molar-refractivity contribution in [2.45, 2.75) is 52.4 Å². The lowest BCUT2D eigenvalue weighted by Gasteiger charge is -2.32. The molecule has 0 N–H and O–H groups in total. The second-order valence-electron chi connectivity index (χ2n) is 5.16. The number of imidazole rings is 1. The highest BCUT2D eigenvalue weighted by Crippen LogP contribution is 2.36. The van der Waals surface area contributed by atoms with Gasteiger partial charge in [-0.2, -0.15) is 0 Å². The Hall–Kier alpha value is -0.805. The van der Waals surface area contributed by atoms with Gasteiger partial charge in [0.1, 0.15) is 5.72 Å². The van der Waals surface area contributed by atoms with Crippen LogP contribution in [-0.4, -0.2) is 27.9 Å². The molecule has 88 valence electrons. The van der Waals surface area contributed by atoms with Gasteiger partial charge in [-0.05, 0) is 34.6 Å². The number of hydrogen-bond acceptors (Lipinski definition) is 3. The van der Waals surface area contributed by atoms with Crippen molar-refractivity contribution in [3.8, 4) is 0 Å². The lowest BCUT2D eigenvalue weighted by atomic mass is 9.89. The van der Waals surface area contributed by atoms with Gasteiger partial charge >= 0.3 is 7.12 Å². The summed E-state index contributed by atoms with van der Waals surface area (Å²) in [5, 5.41) is 0. The van der Waals surface area contributed by atoms with Crippen molar-refractivity contribution in [2.75, 3.05) is 0 Å². The third kappa shape index (κ3) is 1.68. The largest absolute Gasteiger partial charge is 0.532 e. The van der Waals surface area contributed by atoms with Crippen LogP contribution >= 0.6 is 0 Å². The molecule has 5 heteroatoms. The predicted octanol–water partition coefficient (Wildman–Crippen LogP) is 1.20. The van der Waals surface area contributed by atoms with E-state index < -0.39 is 0 Å². The maximum absolute atomic E-state index is 5.95. The summed E-state index contributed by atoms with van der Waals surface area (Å²) in [6.45, 7) is 11.1. The van der Waals surface area contributed by atoms with Crippen LogP contribution in [0.25, 0.3) is 0 Å². The van der Waals surface area contributed by atoms with Gasteiger partial charge in [-0.3, -0.25) is 0 Å². The van der Waals surface area contributed by atoms with Crippen LogP contribution in [0.1, 0.15) is 34.6 Å². The van der Waals surface area contributed by atoms with Crippen LogP contribution in [0.3, 0.4) is 0 Å². The summed E-state index contributed by atoms with van der Waals surface area (Å²) in [5.74, 6) is 0. The minimum atomic E-state index is -0.361. The van der Waals surface area contributed by atoms with Crippen LogP contribution in [-0.2, 0) is 15.9 Å². The Kier molecular flexibility index (Phi) is 2.63. The highest BCUT2D eigenvalue weighted by atomic mass is 16.7. The summed E-state index contributed by atoms with van der Waals surface area (Å²) in [6.07, 6.45) is 3.73. The van der Waals surface area contributed by atoms with E-state index >= 15 is 0 Å². The van der Waals surface area contributed by atoms with E-state index in [1.807, 2.05) is 38.5 Å².